The van der Waals surface area contributed by atoms with Crippen molar-refractivity contribution >= 4 is 29.2 Å². The van der Waals surface area contributed by atoms with Crippen molar-refractivity contribution in [3.05, 3.63) is 54.6 Å². The quantitative estimate of drug-likeness (QED) is 0.441. The first kappa shape index (κ1) is 20.3. The molecule has 0 radical (unpaired) electrons. The van der Waals surface area contributed by atoms with Gasteiger partial charge in [0.15, 0.2) is 0 Å². The van der Waals surface area contributed by atoms with E-state index < -0.39 is 6.36 Å². The highest BCUT2D eigenvalue weighted by molar-refractivity contribution is 7.98. The lowest BCUT2D eigenvalue weighted by atomic mass is 10.1. The fourth-order valence-corrected chi connectivity index (χ4v) is 3.29. The van der Waals surface area contributed by atoms with Gasteiger partial charge in [0.2, 0.25) is 5.95 Å². The van der Waals surface area contributed by atoms with Gasteiger partial charge in [-0.25, -0.2) is 4.98 Å². The second-order valence-corrected chi connectivity index (χ2v) is 7.69. The lowest BCUT2D eigenvalue weighted by Crippen LogP contribution is -2.17. The van der Waals surface area contributed by atoms with Crippen molar-refractivity contribution in [3.63, 3.8) is 0 Å². The number of aromatic nitrogens is 2. The van der Waals surface area contributed by atoms with Crippen molar-refractivity contribution in [2.75, 3.05) is 16.9 Å². The maximum Gasteiger partial charge on any atom is 0.573 e. The van der Waals surface area contributed by atoms with Crippen LogP contribution < -0.4 is 15.4 Å². The number of anilines is 3. The van der Waals surface area contributed by atoms with Crippen molar-refractivity contribution < 1.29 is 17.9 Å². The first-order valence-corrected chi connectivity index (χ1v) is 10.5. The largest absolute Gasteiger partial charge is 0.573 e. The van der Waals surface area contributed by atoms with Gasteiger partial charge in [0.1, 0.15) is 11.6 Å². The van der Waals surface area contributed by atoms with Crippen LogP contribution in [0.1, 0.15) is 12.8 Å². The predicted molar refractivity (Wildman–Crippen MR) is 112 cm³/mol. The van der Waals surface area contributed by atoms with Gasteiger partial charge in [-0.05, 0) is 49.4 Å². The van der Waals surface area contributed by atoms with Crippen LogP contribution in [-0.2, 0) is 0 Å². The third-order valence-corrected chi connectivity index (χ3v) is 5.07. The zero-order valence-corrected chi connectivity index (χ0v) is 16.8. The van der Waals surface area contributed by atoms with Crippen molar-refractivity contribution in [3.8, 4) is 17.0 Å². The van der Waals surface area contributed by atoms with E-state index in [0.717, 1.165) is 23.4 Å². The average Bonchev–Trinajstić information content (AvgIpc) is 3.51. The molecule has 156 valence electrons. The molecule has 1 aliphatic rings. The average molecular weight is 432 g/mol. The highest BCUT2D eigenvalue weighted by atomic mass is 32.2. The summed E-state index contributed by atoms with van der Waals surface area (Å²) in [4.78, 5) is 10.1. The fraction of sp³-hybridized carbons (Fsp3) is 0.238. The van der Waals surface area contributed by atoms with Gasteiger partial charge in [-0.3, -0.25) is 0 Å². The first-order valence-electron chi connectivity index (χ1n) is 9.31. The second kappa shape index (κ2) is 8.43. The lowest BCUT2D eigenvalue weighted by Gasteiger charge is -2.13. The Balaban J connectivity index is 1.67. The number of rotatable bonds is 7. The normalized spacial score (nSPS) is 13.7. The van der Waals surface area contributed by atoms with Crippen molar-refractivity contribution in [2.24, 2.45) is 0 Å². The second-order valence-electron chi connectivity index (χ2n) is 6.81. The van der Waals surface area contributed by atoms with Crippen molar-refractivity contribution in [1.82, 2.24) is 9.97 Å². The summed E-state index contributed by atoms with van der Waals surface area (Å²) in [5, 5.41) is 6.51. The smallest absolute Gasteiger partial charge is 0.406 e. The highest BCUT2D eigenvalue weighted by Gasteiger charge is 2.31. The Morgan fingerprint density at radius 2 is 1.83 bits per heavy atom. The van der Waals surface area contributed by atoms with Crippen LogP contribution in [0.5, 0.6) is 5.75 Å². The SMILES string of the molecule is CSc1cccc(Nc2cc(-c3cccc(OC(F)(F)F)c3)nc(NC3CC3)n2)c1. The molecule has 0 spiro atoms. The summed E-state index contributed by atoms with van der Waals surface area (Å²) in [5.74, 6) is 0.682. The number of thioether (sulfide) groups is 1. The number of nitrogens with zero attached hydrogens (tertiary/aromatic N) is 2. The third-order valence-electron chi connectivity index (χ3n) is 4.34. The Bertz CT molecular complexity index is 1040. The van der Waals surface area contributed by atoms with Crippen molar-refractivity contribution in [2.45, 2.75) is 30.1 Å². The molecule has 0 amide bonds. The van der Waals surface area contributed by atoms with Crippen molar-refractivity contribution in [1.29, 1.82) is 0 Å². The van der Waals surface area contributed by atoms with Gasteiger partial charge < -0.3 is 15.4 Å². The molecule has 2 N–H and O–H groups in total. The molecular formula is C21H19F3N4OS. The van der Waals surface area contributed by atoms with Gasteiger partial charge in [-0.15, -0.1) is 24.9 Å². The monoisotopic (exact) mass is 432 g/mol. The van der Waals surface area contributed by atoms with Gasteiger partial charge in [-0.2, -0.15) is 4.98 Å². The molecule has 0 bridgehead atoms. The van der Waals surface area contributed by atoms with E-state index in [1.807, 2.05) is 30.5 Å². The number of benzene rings is 2. The van der Waals surface area contributed by atoms with Crippen LogP contribution in [0.3, 0.4) is 0 Å². The van der Waals surface area contributed by atoms with Crippen LogP contribution in [0, 0.1) is 0 Å². The van der Waals surface area contributed by atoms with Gasteiger partial charge in [0.25, 0.3) is 0 Å². The topological polar surface area (TPSA) is 59.1 Å². The number of hydrogen-bond donors (Lipinski definition) is 2. The Hall–Kier alpha value is -2.94. The number of nitrogens with one attached hydrogen (secondary N) is 2. The van der Waals surface area contributed by atoms with E-state index in [9.17, 15) is 13.2 Å². The number of ether oxygens (including phenoxy) is 1. The predicted octanol–water partition coefficient (Wildman–Crippen LogP) is 6.08. The number of halogens is 3. The summed E-state index contributed by atoms with van der Waals surface area (Å²) < 4.78 is 41.8. The van der Waals surface area contributed by atoms with E-state index in [1.54, 1.807) is 23.9 Å². The molecule has 1 aromatic heterocycles. The van der Waals surface area contributed by atoms with Crippen LogP contribution >= 0.6 is 11.8 Å². The molecule has 3 aromatic rings. The molecule has 5 nitrogen and oxygen atoms in total. The minimum atomic E-state index is -4.75. The van der Waals surface area contributed by atoms with Crippen LogP contribution in [0.15, 0.2) is 59.5 Å². The Labute approximate surface area is 176 Å². The molecule has 2 aromatic carbocycles. The lowest BCUT2D eigenvalue weighted by molar-refractivity contribution is -0.274. The molecule has 1 saturated carbocycles. The molecule has 1 aliphatic carbocycles. The fourth-order valence-electron chi connectivity index (χ4n) is 2.84. The van der Waals surface area contributed by atoms with E-state index >= 15 is 0 Å². The molecule has 30 heavy (non-hydrogen) atoms. The summed E-state index contributed by atoms with van der Waals surface area (Å²) in [6.07, 6.45) is -0.671. The summed E-state index contributed by atoms with van der Waals surface area (Å²) in [6.45, 7) is 0. The van der Waals surface area contributed by atoms with Crippen LogP contribution in [0.2, 0.25) is 0 Å². The van der Waals surface area contributed by atoms with E-state index in [4.69, 9.17) is 0 Å². The minimum Gasteiger partial charge on any atom is -0.406 e. The standard InChI is InChI=1S/C21H19F3N4OS/c1-30-17-7-3-5-15(11-17)25-19-12-18(27-20(28-19)26-14-8-9-14)13-4-2-6-16(10-13)29-21(22,23)24/h2-7,10-12,14H,8-9H2,1H3,(H2,25,26,27,28). The minimum absolute atomic E-state index is 0.294. The van der Waals surface area contributed by atoms with Crippen LogP contribution in [0.4, 0.5) is 30.6 Å². The Kier molecular flexibility index (Phi) is 5.72. The maximum absolute atomic E-state index is 12.6. The summed E-state index contributed by atoms with van der Waals surface area (Å²) in [6, 6.07) is 15.7. The summed E-state index contributed by atoms with van der Waals surface area (Å²) in [5.41, 5.74) is 1.85. The highest BCUT2D eigenvalue weighted by Crippen LogP contribution is 2.31. The maximum atomic E-state index is 12.6. The molecule has 9 heteroatoms. The van der Waals surface area contributed by atoms with Gasteiger partial charge in [0.05, 0.1) is 5.69 Å². The van der Waals surface area contributed by atoms with Crippen LogP contribution in [-0.4, -0.2) is 28.6 Å². The van der Waals surface area contributed by atoms with E-state index in [0.29, 0.717) is 29.1 Å². The summed E-state index contributed by atoms with van der Waals surface area (Å²) >= 11 is 1.63. The van der Waals surface area contributed by atoms with Gasteiger partial charge in [0, 0.05) is 28.3 Å². The first-order chi connectivity index (χ1) is 14.4. The number of hydrogen-bond acceptors (Lipinski definition) is 6. The third kappa shape index (κ3) is 5.56. The zero-order chi connectivity index (χ0) is 21.1. The Morgan fingerprint density at radius 3 is 2.57 bits per heavy atom. The molecule has 0 aliphatic heterocycles. The van der Waals surface area contributed by atoms with Crippen LogP contribution in [0.25, 0.3) is 11.3 Å². The summed E-state index contributed by atoms with van der Waals surface area (Å²) in [7, 11) is 0. The van der Waals surface area contributed by atoms with E-state index in [-0.39, 0.29) is 5.75 Å². The molecular weight excluding hydrogens is 413 g/mol. The van der Waals surface area contributed by atoms with E-state index in [1.165, 1.54) is 18.2 Å². The zero-order valence-electron chi connectivity index (χ0n) is 16.0. The molecule has 0 atom stereocenters. The van der Waals surface area contributed by atoms with Gasteiger partial charge in [-0.1, -0.05) is 18.2 Å². The molecule has 4 rings (SSSR count). The molecule has 1 heterocycles. The molecule has 1 fully saturated rings. The van der Waals surface area contributed by atoms with E-state index in [2.05, 4.69) is 25.3 Å². The Morgan fingerprint density at radius 1 is 1.03 bits per heavy atom. The van der Waals surface area contributed by atoms with Gasteiger partial charge >= 0.3 is 6.36 Å². The number of alkyl halides is 3. The molecule has 0 unspecified atom stereocenters. The molecule has 0 saturated heterocycles.